The van der Waals surface area contributed by atoms with Gasteiger partial charge in [-0.25, -0.2) is 4.98 Å². The lowest BCUT2D eigenvalue weighted by Crippen LogP contribution is -2.36. The van der Waals surface area contributed by atoms with Crippen molar-refractivity contribution in [3.05, 3.63) is 101 Å². The van der Waals surface area contributed by atoms with Crippen LogP contribution in [0.5, 0.6) is 0 Å². The summed E-state index contributed by atoms with van der Waals surface area (Å²) in [6.45, 7) is 11.3. The van der Waals surface area contributed by atoms with Gasteiger partial charge in [0.15, 0.2) is 0 Å². The molecule has 0 aliphatic rings. The number of hydrogen-bond acceptors (Lipinski definition) is 3. The van der Waals surface area contributed by atoms with Gasteiger partial charge in [0.25, 0.3) is 0 Å². The van der Waals surface area contributed by atoms with Crippen LogP contribution in [0.4, 0.5) is 0 Å². The first-order valence-corrected chi connectivity index (χ1v) is 12.7. The quantitative estimate of drug-likeness (QED) is 0.263. The SMILES string of the molecule is C=C(N[C@H](CN)Cc1ccc(-c2cn3cccc(C)c3n2)cc1)c1ccc(CCC(C)C)c(Cl)c1. The minimum atomic E-state index is 0.0746. The third-order valence-electron chi connectivity index (χ3n) is 6.47. The van der Waals surface area contributed by atoms with Crippen molar-refractivity contribution in [1.82, 2.24) is 14.7 Å². The molecule has 0 spiro atoms. The molecule has 35 heavy (non-hydrogen) atoms. The Morgan fingerprint density at radius 1 is 1.14 bits per heavy atom. The Morgan fingerprint density at radius 3 is 2.57 bits per heavy atom. The van der Waals surface area contributed by atoms with Crippen LogP contribution in [0.2, 0.25) is 5.02 Å². The summed E-state index contributed by atoms with van der Waals surface area (Å²) < 4.78 is 2.07. The molecule has 0 aliphatic carbocycles. The van der Waals surface area contributed by atoms with Crippen LogP contribution in [0.3, 0.4) is 0 Å². The Morgan fingerprint density at radius 2 is 1.91 bits per heavy atom. The molecule has 0 aliphatic heterocycles. The second-order valence-electron chi connectivity index (χ2n) is 9.74. The Hall–Kier alpha value is -3.08. The fraction of sp³-hybridized carbons (Fsp3) is 0.300. The molecule has 5 heteroatoms. The Bertz CT molecular complexity index is 1300. The molecule has 0 bridgehead atoms. The number of benzene rings is 2. The summed E-state index contributed by atoms with van der Waals surface area (Å²) in [4.78, 5) is 4.80. The smallest absolute Gasteiger partial charge is 0.140 e. The zero-order valence-electron chi connectivity index (χ0n) is 20.9. The van der Waals surface area contributed by atoms with Crippen LogP contribution in [0.15, 0.2) is 73.6 Å². The third-order valence-corrected chi connectivity index (χ3v) is 6.82. The molecular weight excluding hydrogens is 452 g/mol. The molecular formula is C30H35ClN4. The molecule has 0 saturated carbocycles. The molecule has 2 heterocycles. The van der Waals surface area contributed by atoms with Crippen molar-refractivity contribution in [2.75, 3.05) is 6.54 Å². The van der Waals surface area contributed by atoms with Crippen LogP contribution in [-0.4, -0.2) is 22.0 Å². The molecule has 2 aromatic heterocycles. The van der Waals surface area contributed by atoms with Gasteiger partial charge >= 0.3 is 0 Å². The van der Waals surface area contributed by atoms with Gasteiger partial charge in [0.1, 0.15) is 5.65 Å². The molecule has 3 N–H and O–H groups in total. The standard InChI is InChI=1S/C30H35ClN4/c1-20(2)7-10-24-13-14-26(17-28(24)31)22(4)33-27(18-32)16-23-8-11-25(12-9-23)29-19-35-15-5-6-21(3)30(35)34-29/h5-6,8-9,11-15,17,19-20,27,33H,4,7,10,16,18,32H2,1-3H3/t27-/m0/s1. The number of aromatic nitrogens is 2. The van der Waals surface area contributed by atoms with E-state index in [9.17, 15) is 0 Å². The highest BCUT2D eigenvalue weighted by atomic mass is 35.5. The fourth-order valence-corrected chi connectivity index (χ4v) is 4.57. The maximum absolute atomic E-state index is 6.56. The maximum atomic E-state index is 6.56. The number of aryl methyl sites for hydroxylation is 2. The van der Waals surface area contributed by atoms with E-state index in [0.29, 0.717) is 12.5 Å². The number of rotatable bonds is 10. The van der Waals surface area contributed by atoms with Crippen LogP contribution in [0, 0.1) is 12.8 Å². The van der Waals surface area contributed by atoms with E-state index < -0.39 is 0 Å². The van der Waals surface area contributed by atoms with E-state index >= 15 is 0 Å². The summed E-state index contributed by atoms with van der Waals surface area (Å²) in [6, 6.07) is 19.0. The molecule has 2 aromatic carbocycles. The highest BCUT2D eigenvalue weighted by molar-refractivity contribution is 6.31. The van der Waals surface area contributed by atoms with Crippen LogP contribution in [-0.2, 0) is 12.8 Å². The van der Waals surface area contributed by atoms with Gasteiger partial charge in [-0.1, -0.05) is 74.5 Å². The van der Waals surface area contributed by atoms with Gasteiger partial charge in [-0.05, 0) is 66.5 Å². The lowest BCUT2D eigenvalue weighted by atomic mass is 10.00. The second-order valence-corrected chi connectivity index (χ2v) is 10.2. The van der Waals surface area contributed by atoms with Crippen molar-refractivity contribution in [2.24, 2.45) is 11.7 Å². The zero-order chi connectivity index (χ0) is 24.9. The topological polar surface area (TPSA) is 55.3 Å². The van der Waals surface area contributed by atoms with Crippen LogP contribution in [0.25, 0.3) is 22.6 Å². The first-order valence-electron chi connectivity index (χ1n) is 12.3. The molecule has 0 amide bonds. The number of pyridine rings is 1. The number of hydrogen-bond donors (Lipinski definition) is 2. The van der Waals surface area contributed by atoms with Gasteiger partial charge in [0.05, 0.1) is 5.69 Å². The lowest BCUT2D eigenvalue weighted by Gasteiger charge is -2.21. The highest BCUT2D eigenvalue weighted by Crippen LogP contribution is 2.24. The zero-order valence-corrected chi connectivity index (χ0v) is 21.6. The van der Waals surface area contributed by atoms with Gasteiger partial charge in [-0.3, -0.25) is 0 Å². The first-order chi connectivity index (χ1) is 16.8. The largest absolute Gasteiger partial charge is 0.381 e. The van der Waals surface area contributed by atoms with Gasteiger partial charge < -0.3 is 15.5 Å². The van der Waals surface area contributed by atoms with E-state index in [-0.39, 0.29) is 6.04 Å². The van der Waals surface area contributed by atoms with Gasteiger partial charge in [0, 0.05) is 41.3 Å². The van der Waals surface area contributed by atoms with Crippen LogP contribution in [0.1, 0.15) is 42.5 Å². The molecule has 182 valence electrons. The number of nitrogens with one attached hydrogen (secondary N) is 1. The normalized spacial score (nSPS) is 12.3. The molecule has 0 saturated heterocycles. The molecule has 0 fully saturated rings. The maximum Gasteiger partial charge on any atom is 0.140 e. The number of nitrogens with two attached hydrogens (primary N) is 1. The third kappa shape index (κ3) is 6.14. The van der Waals surface area contributed by atoms with Crippen molar-refractivity contribution in [1.29, 1.82) is 0 Å². The van der Waals surface area contributed by atoms with E-state index in [1.807, 2.05) is 18.3 Å². The first kappa shape index (κ1) is 25.0. The summed E-state index contributed by atoms with van der Waals surface area (Å²) in [5.74, 6) is 0.658. The average molecular weight is 487 g/mol. The molecule has 0 unspecified atom stereocenters. The number of fused-ring (bicyclic) bond motifs is 1. The van der Waals surface area contributed by atoms with Gasteiger partial charge in [-0.15, -0.1) is 0 Å². The number of halogens is 1. The Balaban J connectivity index is 1.40. The minimum absolute atomic E-state index is 0.0746. The molecule has 0 radical (unpaired) electrons. The van der Waals surface area contributed by atoms with E-state index in [2.05, 4.69) is 85.7 Å². The van der Waals surface area contributed by atoms with Gasteiger partial charge in [-0.2, -0.15) is 0 Å². The number of nitrogens with zero attached hydrogens (tertiary/aromatic N) is 2. The van der Waals surface area contributed by atoms with Gasteiger partial charge in [0.2, 0.25) is 0 Å². The molecule has 1 atom stereocenters. The van der Waals surface area contributed by atoms with Crippen molar-refractivity contribution >= 4 is 22.9 Å². The van der Waals surface area contributed by atoms with E-state index in [4.69, 9.17) is 22.3 Å². The van der Waals surface area contributed by atoms with E-state index in [0.717, 1.165) is 52.5 Å². The molecule has 4 nitrogen and oxygen atoms in total. The predicted octanol–water partition coefficient (Wildman–Crippen LogP) is 6.68. The summed E-state index contributed by atoms with van der Waals surface area (Å²) in [7, 11) is 0. The predicted molar refractivity (Wildman–Crippen MR) is 149 cm³/mol. The summed E-state index contributed by atoms with van der Waals surface area (Å²) in [5, 5.41) is 4.30. The van der Waals surface area contributed by atoms with Crippen molar-refractivity contribution in [3.8, 4) is 11.3 Å². The number of imidazole rings is 1. The lowest BCUT2D eigenvalue weighted by molar-refractivity contribution is 0.586. The summed E-state index contributed by atoms with van der Waals surface area (Å²) in [5.41, 5.74) is 14.6. The van der Waals surface area contributed by atoms with Crippen molar-refractivity contribution in [2.45, 2.75) is 46.1 Å². The average Bonchev–Trinajstić information content (AvgIpc) is 3.29. The van der Waals surface area contributed by atoms with Crippen molar-refractivity contribution in [3.63, 3.8) is 0 Å². The molecule has 4 rings (SSSR count). The van der Waals surface area contributed by atoms with Crippen molar-refractivity contribution < 1.29 is 0 Å². The van der Waals surface area contributed by atoms with E-state index in [1.165, 1.54) is 16.7 Å². The highest BCUT2D eigenvalue weighted by Gasteiger charge is 2.12. The Labute approximate surface area is 213 Å². The van der Waals surface area contributed by atoms with Crippen LogP contribution >= 0.6 is 11.6 Å². The van der Waals surface area contributed by atoms with Crippen LogP contribution < -0.4 is 11.1 Å². The fourth-order valence-electron chi connectivity index (χ4n) is 4.29. The minimum Gasteiger partial charge on any atom is -0.381 e. The second kappa shape index (κ2) is 11.1. The monoisotopic (exact) mass is 486 g/mol. The molecule has 4 aromatic rings. The summed E-state index contributed by atoms with van der Waals surface area (Å²) >= 11 is 6.56. The Kier molecular flexibility index (Phi) is 7.94. The van der Waals surface area contributed by atoms with E-state index in [1.54, 1.807) is 0 Å². The summed E-state index contributed by atoms with van der Waals surface area (Å²) in [6.07, 6.45) is 7.03.